The molecule has 1 aliphatic carbocycles. The van der Waals surface area contributed by atoms with Crippen molar-refractivity contribution in [2.24, 2.45) is 0 Å². The number of nitrogens with zero attached hydrogens (tertiary/aromatic N) is 1. The molecular weight excluding hydrogens is 479 g/mol. The monoisotopic (exact) mass is 505 g/mol. The van der Waals surface area contributed by atoms with Crippen LogP contribution in [0.3, 0.4) is 0 Å². The minimum Gasteiger partial charge on any atom is -0.870 e. The summed E-state index contributed by atoms with van der Waals surface area (Å²) in [6.07, 6.45) is 2.91. The van der Waals surface area contributed by atoms with Crippen LogP contribution in [0.2, 0.25) is 0 Å². The molecule has 1 heterocycles. The average molecular weight is 506 g/mol. The van der Waals surface area contributed by atoms with E-state index >= 15 is 0 Å². The van der Waals surface area contributed by atoms with Gasteiger partial charge in [0, 0.05) is 12.5 Å². The van der Waals surface area contributed by atoms with Crippen molar-refractivity contribution >= 4 is 18.3 Å². The molecule has 1 saturated carbocycles. The minimum absolute atomic E-state index is 0. The van der Waals surface area contributed by atoms with E-state index in [2.05, 4.69) is 16.6 Å². The maximum absolute atomic E-state index is 12.5. The van der Waals surface area contributed by atoms with Crippen molar-refractivity contribution < 1.29 is 53.8 Å². The first-order valence-electron chi connectivity index (χ1n) is 11.6. The zero-order valence-corrected chi connectivity index (χ0v) is 23.0. The smallest absolute Gasteiger partial charge is 0.870 e. The molecule has 4 aromatic rings. The van der Waals surface area contributed by atoms with E-state index in [1.807, 2.05) is 85.8 Å². The summed E-state index contributed by atoms with van der Waals surface area (Å²) in [7, 11) is 0. The standard InChI is InChI=1S/C29H25N2O4.Na.H2O/c1-19(21-6-4-3-5-7-21)34-28(33)31-27-26(30-20(2)35-27)24-10-8-22(9-11-24)23-12-14-25(15-13-23)29(18-32)16-17-29;;/h3-15,19H,16-17H2,1-2H3,(H,31,33);;1H2/q-1;+1;/p-1/t19-;;/m1../s1. The number of carbonyl (C=O) groups excluding carboxylic acids is 2. The number of rotatable bonds is 7. The van der Waals surface area contributed by atoms with E-state index in [1.54, 1.807) is 6.92 Å². The van der Waals surface area contributed by atoms with Crippen molar-refractivity contribution in [2.75, 3.05) is 5.32 Å². The molecule has 37 heavy (non-hydrogen) atoms. The number of hydrogen-bond acceptors (Lipinski definition) is 6. The van der Waals surface area contributed by atoms with Crippen molar-refractivity contribution in [3.8, 4) is 22.4 Å². The Labute approximate surface area is 237 Å². The number of carbonyl (C=O) groups is 1. The molecule has 8 heteroatoms. The fourth-order valence-electron chi connectivity index (χ4n) is 4.16. The Morgan fingerprint density at radius 2 is 1.54 bits per heavy atom. The van der Waals surface area contributed by atoms with Gasteiger partial charge in [-0.2, -0.15) is 0 Å². The van der Waals surface area contributed by atoms with E-state index < -0.39 is 17.6 Å². The van der Waals surface area contributed by atoms with Gasteiger partial charge in [0.2, 0.25) is 5.88 Å². The number of anilines is 1. The molecule has 1 atom stereocenters. The fraction of sp³-hybridized carbons (Fsp3) is 0.207. The molecule has 1 aliphatic rings. The maximum Gasteiger partial charge on any atom is 1.00 e. The van der Waals surface area contributed by atoms with Crippen LogP contribution >= 0.6 is 0 Å². The number of nitrogens with one attached hydrogen (secondary N) is 1. The Kier molecular flexibility index (Phi) is 9.10. The first-order chi connectivity index (χ1) is 17.0. The van der Waals surface area contributed by atoms with Crippen LogP contribution in [0.4, 0.5) is 10.7 Å². The van der Waals surface area contributed by atoms with Crippen LogP contribution in [0, 0.1) is 6.92 Å². The van der Waals surface area contributed by atoms with Gasteiger partial charge in [-0.3, -0.25) is 11.6 Å². The van der Waals surface area contributed by atoms with Gasteiger partial charge < -0.3 is 19.4 Å². The van der Waals surface area contributed by atoms with Gasteiger partial charge in [0.15, 0.2) is 5.89 Å². The minimum atomic E-state index is -0.614. The second-order valence-electron chi connectivity index (χ2n) is 8.83. The zero-order chi connectivity index (χ0) is 24.4. The molecule has 0 bridgehead atoms. The summed E-state index contributed by atoms with van der Waals surface area (Å²) in [5, 5.41) is 2.69. The number of benzene rings is 3. The van der Waals surface area contributed by atoms with E-state index in [4.69, 9.17) is 9.15 Å². The number of oxazole rings is 1. The number of hydrogen-bond donors (Lipinski definition) is 1. The molecule has 5 rings (SSSR count). The van der Waals surface area contributed by atoms with E-state index in [0.717, 1.165) is 40.7 Å². The predicted molar refractivity (Wildman–Crippen MR) is 136 cm³/mol. The molecule has 0 radical (unpaired) electrons. The third-order valence-electron chi connectivity index (χ3n) is 6.38. The fourth-order valence-corrected chi connectivity index (χ4v) is 4.16. The van der Waals surface area contributed by atoms with Gasteiger partial charge in [-0.25, -0.2) is 9.78 Å². The normalized spacial score (nSPS) is 13.9. The summed E-state index contributed by atoms with van der Waals surface area (Å²) in [4.78, 5) is 28.2. The summed E-state index contributed by atoms with van der Waals surface area (Å²) >= 11 is 0. The Morgan fingerprint density at radius 3 is 2.11 bits per heavy atom. The summed E-state index contributed by atoms with van der Waals surface area (Å²) in [6.45, 7) is 3.54. The molecule has 7 nitrogen and oxygen atoms in total. The Bertz CT molecular complexity index is 1350. The van der Waals surface area contributed by atoms with Crippen molar-refractivity contribution in [1.29, 1.82) is 0 Å². The van der Waals surface area contributed by atoms with Gasteiger partial charge >= 0.3 is 35.7 Å². The average Bonchev–Trinajstić information content (AvgIpc) is 3.61. The Hall–Kier alpha value is -3.23. The number of aromatic nitrogens is 1. The van der Waals surface area contributed by atoms with Gasteiger partial charge in [-0.1, -0.05) is 97.3 Å². The molecule has 0 spiro atoms. The third kappa shape index (κ3) is 6.19. The summed E-state index contributed by atoms with van der Waals surface area (Å²) in [5.74, 6) is 0.678. The summed E-state index contributed by atoms with van der Waals surface area (Å²) in [6, 6.07) is 25.4. The molecule has 1 fully saturated rings. The molecule has 0 unspecified atom stereocenters. The second kappa shape index (κ2) is 11.9. The largest absolute Gasteiger partial charge is 1.00 e. The van der Waals surface area contributed by atoms with Crippen molar-refractivity contribution in [3.05, 3.63) is 95.9 Å². The van der Waals surface area contributed by atoms with E-state index in [1.165, 1.54) is 0 Å². The Morgan fingerprint density at radius 1 is 0.973 bits per heavy atom. The second-order valence-corrected chi connectivity index (χ2v) is 8.83. The number of amides is 1. The first-order valence-corrected chi connectivity index (χ1v) is 11.6. The van der Waals surface area contributed by atoms with Crippen LogP contribution in [0.1, 0.15) is 42.9 Å². The predicted octanol–water partition coefficient (Wildman–Crippen LogP) is 3.60. The van der Waals surface area contributed by atoms with Crippen LogP contribution in [-0.2, 0) is 14.9 Å². The molecule has 0 aliphatic heterocycles. The van der Waals surface area contributed by atoms with E-state index in [9.17, 15) is 9.59 Å². The van der Waals surface area contributed by atoms with Crippen molar-refractivity contribution in [3.63, 3.8) is 0 Å². The maximum atomic E-state index is 12.5. The number of aryl methyl sites for hydroxylation is 1. The van der Waals surface area contributed by atoms with Gasteiger partial charge in [-0.15, -0.1) is 5.41 Å². The van der Waals surface area contributed by atoms with Crippen LogP contribution in [0.25, 0.3) is 22.4 Å². The third-order valence-corrected chi connectivity index (χ3v) is 6.38. The molecule has 3 aromatic carbocycles. The zero-order valence-electron chi connectivity index (χ0n) is 21.0. The molecule has 184 valence electrons. The topological polar surface area (TPSA) is 111 Å². The van der Waals surface area contributed by atoms with Crippen molar-refractivity contribution in [2.45, 2.75) is 38.2 Å². The number of ether oxygens (including phenoxy) is 1. The molecule has 0 saturated heterocycles. The Balaban J connectivity index is 0.00000190. The summed E-state index contributed by atoms with van der Waals surface area (Å²) < 4.78 is 11.2. The first kappa shape index (κ1) is 28.3. The van der Waals surface area contributed by atoms with E-state index in [-0.39, 0.29) is 40.9 Å². The van der Waals surface area contributed by atoms with Gasteiger partial charge in [-0.05, 0) is 23.6 Å². The quantitative estimate of drug-likeness (QED) is 0.304. The van der Waals surface area contributed by atoms with Gasteiger partial charge in [0.1, 0.15) is 11.8 Å². The van der Waals surface area contributed by atoms with Crippen LogP contribution in [0.5, 0.6) is 0 Å². The van der Waals surface area contributed by atoms with Crippen molar-refractivity contribution in [1.82, 2.24) is 4.98 Å². The van der Waals surface area contributed by atoms with Gasteiger partial charge in [0.25, 0.3) is 0 Å². The summed E-state index contributed by atoms with van der Waals surface area (Å²) in [5.41, 5.74) is 4.96. The van der Waals surface area contributed by atoms with E-state index in [0.29, 0.717) is 11.6 Å². The molecule has 1 amide bonds. The van der Waals surface area contributed by atoms with Crippen LogP contribution < -0.4 is 34.9 Å². The molecule has 1 aromatic heterocycles. The molecule has 2 N–H and O–H groups in total. The molecular formula is C29H26N2NaO5-. The SMILES string of the molecule is Cc1nc(-c2ccc(-c3ccc(C4([C-]=O)CC4)cc3)cc2)c(NC(=O)O[C@H](C)c2ccccc2)o1.[Na+].[OH-]. The van der Waals surface area contributed by atoms with Crippen LogP contribution in [0.15, 0.2) is 83.3 Å². The van der Waals surface area contributed by atoms with Crippen LogP contribution in [-0.4, -0.2) is 22.8 Å². The van der Waals surface area contributed by atoms with Gasteiger partial charge in [0.05, 0.1) is 0 Å².